The summed E-state index contributed by atoms with van der Waals surface area (Å²) in [6.07, 6.45) is 1.08. The Hall–Kier alpha value is -5.19. The monoisotopic (exact) mass is 608 g/mol. The Morgan fingerprint density at radius 3 is 2.14 bits per heavy atom. The molecule has 0 bridgehead atoms. The molecule has 11 heteroatoms. The predicted molar refractivity (Wildman–Crippen MR) is 156 cm³/mol. The molecule has 4 rings (SSSR count). The third-order valence-electron chi connectivity index (χ3n) is 6.61. The summed E-state index contributed by atoms with van der Waals surface area (Å²) in [5.41, 5.74) is 0.189. The SMILES string of the molecule is CCCCN(C(=O)c1ccccc1)c1ccc(Oc2ccc(N(C(=O)c3ccc(F)cc3F)C(F)F)cc2)cc1CC(=O)O. The zero-order valence-electron chi connectivity index (χ0n) is 23.6. The zero-order chi connectivity index (χ0) is 31.8. The lowest BCUT2D eigenvalue weighted by molar-refractivity contribution is -0.136. The number of ether oxygens (including phenoxy) is 1. The topological polar surface area (TPSA) is 87.2 Å². The van der Waals surface area contributed by atoms with E-state index in [0.717, 1.165) is 18.6 Å². The molecule has 0 spiro atoms. The van der Waals surface area contributed by atoms with Crippen LogP contribution in [0.1, 0.15) is 46.0 Å². The van der Waals surface area contributed by atoms with E-state index >= 15 is 0 Å². The van der Waals surface area contributed by atoms with Crippen molar-refractivity contribution in [2.75, 3.05) is 16.3 Å². The lowest BCUT2D eigenvalue weighted by Crippen LogP contribution is -2.36. The van der Waals surface area contributed by atoms with Crippen molar-refractivity contribution in [2.45, 2.75) is 32.7 Å². The molecule has 0 aliphatic rings. The van der Waals surface area contributed by atoms with Crippen LogP contribution in [0.3, 0.4) is 0 Å². The van der Waals surface area contributed by atoms with Gasteiger partial charge in [-0.25, -0.2) is 8.78 Å². The largest absolute Gasteiger partial charge is 0.481 e. The van der Waals surface area contributed by atoms with Gasteiger partial charge in [0.15, 0.2) is 0 Å². The quantitative estimate of drug-likeness (QED) is 0.132. The molecule has 0 fully saturated rings. The van der Waals surface area contributed by atoms with Crippen LogP contribution in [0, 0.1) is 11.6 Å². The van der Waals surface area contributed by atoms with E-state index in [2.05, 4.69) is 0 Å². The molecule has 228 valence electrons. The first-order chi connectivity index (χ1) is 21.1. The van der Waals surface area contributed by atoms with E-state index in [9.17, 15) is 37.1 Å². The normalized spacial score (nSPS) is 10.9. The van der Waals surface area contributed by atoms with Crippen molar-refractivity contribution < 1.29 is 41.8 Å². The number of carbonyl (C=O) groups excluding carboxylic acids is 2. The third-order valence-corrected chi connectivity index (χ3v) is 6.61. The maximum absolute atomic E-state index is 14.1. The van der Waals surface area contributed by atoms with Crippen LogP contribution in [0.5, 0.6) is 11.5 Å². The number of carboxylic acid groups (broad SMARTS) is 1. The van der Waals surface area contributed by atoms with Crippen molar-refractivity contribution in [3.63, 3.8) is 0 Å². The van der Waals surface area contributed by atoms with Crippen molar-refractivity contribution in [1.82, 2.24) is 0 Å². The minimum Gasteiger partial charge on any atom is -0.481 e. The van der Waals surface area contributed by atoms with E-state index in [4.69, 9.17) is 4.74 Å². The summed E-state index contributed by atoms with van der Waals surface area (Å²) in [5, 5.41) is 9.59. The molecule has 44 heavy (non-hydrogen) atoms. The van der Waals surface area contributed by atoms with Crippen LogP contribution in [0.2, 0.25) is 0 Å². The van der Waals surface area contributed by atoms with Gasteiger partial charge in [0, 0.05) is 29.5 Å². The smallest absolute Gasteiger partial charge is 0.321 e. The minimum atomic E-state index is -3.33. The zero-order valence-corrected chi connectivity index (χ0v) is 23.6. The Bertz CT molecular complexity index is 1630. The predicted octanol–water partition coefficient (Wildman–Crippen LogP) is 7.70. The summed E-state index contributed by atoms with van der Waals surface area (Å²) in [4.78, 5) is 39.4. The number of hydrogen-bond donors (Lipinski definition) is 1. The average Bonchev–Trinajstić information content (AvgIpc) is 2.99. The number of unbranched alkanes of at least 4 members (excludes halogenated alkanes) is 1. The Labute approximate surface area is 250 Å². The maximum Gasteiger partial charge on any atom is 0.321 e. The molecular weight excluding hydrogens is 580 g/mol. The van der Waals surface area contributed by atoms with Gasteiger partial charge in [-0.05, 0) is 78.7 Å². The highest BCUT2D eigenvalue weighted by molar-refractivity contribution is 6.07. The number of anilines is 2. The summed E-state index contributed by atoms with van der Waals surface area (Å²) >= 11 is 0. The fourth-order valence-corrected chi connectivity index (χ4v) is 4.50. The van der Waals surface area contributed by atoms with Crippen LogP contribution in [0.4, 0.5) is 28.9 Å². The molecule has 4 aromatic carbocycles. The van der Waals surface area contributed by atoms with Gasteiger partial charge in [-0.1, -0.05) is 31.5 Å². The Morgan fingerprint density at radius 2 is 1.52 bits per heavy atom. The molecular formula is C33H28F4N2O5. The average molecular weight is 609 g/mol. The second-order valence-corrected chi connectivity index (χ2v) is 9.71. The molecule has 0 aliphatic carbocycles. The molecule has 0 atom stereocenters. The van der Waals surface area contributed by atoms with Gasteiger partial charge in [0.1, 0.15) is 23.1 Å². The van der Waals surface area contributed by atoms with Gasteiger partial charge in [-0.2, -0.15) is 8.78 Å². The third kappa shape index (κ3) is 7.60. The van der Waals surface area contributed by atoms with E-state index in [1.54, 1.807) is 42.5 Å². The van der Waals surface area contributed by atoms with Crippen LogP contribution >= 0.6 is 0 Å². The second-order valence-electron chi connectivity index (χ2n) is 9.71. The second kappa shape index (κ2) is 14.3. The van der Waals surface area contributed by atoms with Gasteiger partial charge in [0.05, 0.1) is 12.0 Å². The first-order valence-corrected chi connectivity index (χ1v) is 13.6. The van der Waals surface area contributed by atoms with E-state index in [1.807, 2.05) is 6.92 Å². The first-order valence-electron chi connectivity index (χ1n) is 13.6. The van der Waals surface area contributed by atoms with Crippen molar-refractivity contribution in [3.8, 4) is 11.5 Å². The number of rotatable bonds is 12. The first kappa shape index (κ1) is 31.7. The Morgan fingerprint density at radius 1 is 0.841 bits per heavy atom. The minimum absolute atomic E-state index is 0.0640. The van der Waals surface area contributed by atoms with Gasteiger partial charge in [0.25, 0.3) is 11.8 Å². The number of nitrogens with zero attached hydrogens (tertiary/aromatic N) is 2. The van der Waals surface area contributed by atoms with Crippen molar-refractivity contribution in [3.05, 3.63) is 119 Å². The summed E-state index contributed by atoms with van der Waals surface area (Å²) in [5.74, 6) is -4.62. The molecule has 4 aromatic rings. The molecule has 0 aromatic heterocycles. The number of carboxylic acids is 1. The number of halogens is 4. The van der Waals surface area contributed by atoms with Gasteiger partial charge in [0.2, 0.25) is 0 Å². The standard InChI is InChI=1S/C33H28F4N2O5/c1-2-3-17-38(31(42)21-7-5-4-6-8-21)29-16-14-26(18-22(29)19-30(40)41)44-25-12-10-24(11-13-25)39(33(36)37)32(43)27-15-9-23(34)20-28(27)35/h4-16,18,20,33H,2-3,17,19H2,1H3,(H,40,41). The molecule has 0 unspecified atom stereocenters. The van der Waals surface area contributed by atoms with Gasteiger partial charge < -0.3 is 14.7 Å². The highest BCUT2D eigenvalue weighted by atomic mass is 19.3. The van der Waals surface area contributed by atoms with Gasteiger partial charge in [-0.15, -0.1) is 0 Å². The fourth-order valence-electron chi connectivity index (χ4n) is 4.50. The summed E-state index contributed by atoms with van der Waals surface area (Å²) in [7, 11) is 0. The number of carbonyl (C=O) groups is 3. The summed E-state index contributed by atoms with van der Waals surface area (Å²) in [6.45, 7) is -0.998. The number of benzene rings is 4. The van der Waals surface area contributed by atoms with E-state index in [1.165, 1.54) is 35.2 Å². The molecule has 1 N–H and O–H groups in total. The number of hydrogen-bond acceptors (Lipinski definition) is 4. The van der Waals surface area contributed by atoms with Crippen LogP contribution in [-0.4, -0.2) is 36.0 Å². The fraction of sp³-hybridized carbons (Fsp3) is 0.182. The molecule has 0 saturated carbocycles. The maximum atomic E-state index is 14.1. The van der Waals surface area contributed by atoms with Gasteiger partial charge >= 0.3 is 12.5 Å². The van der Waals surface area contributed by atoms with E-state index < -0.39 is 42.0 Å². The molecule has 0 aliphatic heterocycles. The van der Waals surface area contributed by atoms with Crippen LogP contribution < -0.4 is 14.5 Å². The van der Waals surface area contributed by atoms with Crippen molar-refractivity contribution in [1.29, 1.82) is 0 Å². The van der Waals surface area contributed by atoms with Crippen LogP contribution in [0.25, 0.3) is 0 Å². The van der Waals surface area contributed by atoms with E-state index in [-0.39, 0.29) is 28.0 Å². The lowest BCUT2D eigenvalue weighted by atomic mass is 10.1. The molecule has 0 heterocycles. The Kier molecular flexibility index (Phi) is 10.3. The lowest BCUT2D eigenvalue weighted by Gasteiger charge is -2.26. The van der Waals surface area contributed by atoms with Crippen LogP contribution in [0.15, 0.2) is 91.0 Å². The van der Waals surface area contributed by atoms with E-state index in [0.29, 0.717) is 35.8 Å². The number of alkyl halides is 2. The van der Waals surface area contributed by atoms with Crippen molar-refractivity contribution >= 4 is 29.2 Å². The van der Waals surface area contributed by atoms with Gasteiger partial charge in [-0.3, -0.25) is 19.3 Å². The Balaban J connectivity index is 1.61. The van der Waals surface area contributed by atoms with Crippen LogP contribution in [-0.2, 0) is 11.2 Å². The number of aliphatic carboxylic acids is 1. The summed E-state index contributed by atoms with van der Waals surface area (Å²) < 4.78 is 61.0. The highest BCUT2D eigenvalue weighted by Crippen LogP contribution is 2.32. The molecule has 7 nitrogen and oxygen atoms in total. The number of amides is 2. The van der Waals surface area contributed by atoms with Crippen molar-refractivity contribution in [2.24, 2.45) is 0 Å². The summed E-state index contributed by atoms with van der Waals surface area (Å²) in [6, 6.07) is 20.2. The molecule has 0 radical (unpaired) electrons. The molecule has 2 amide bonds. The highest BCUT2D eigenvalue weighted by Gasteiger charge is 2.28. The molecule has 0 saturated heterocycles.